The van der Waals surface area contributed by atoms with Crippen molar-refractivity contribution >= 4 is 58.0 Å². The highest BCUT2D eigenvalue weighted by Crippen LogP contribution is 2.33. The van der Waals surface area contributed by atoms with Gasteiger partial charge in [-0.1, -0.05) is 52.5 Å². The summed E-state index contributed by atoms with van der Waals surface area (Å²) in [4.78, 5) is 22.5. The molecular weight excluding hydrogens is 414 g/mol. The Labute approximate surface area is 162 Å². The number of non-ortho nitro benzene ring substituents is 1. The van der Waals surface area contributed by atoms with Crippen LogP contribution in [-0.2, 0) is 0 Å². The number of benzene rings is 2. The van der Waals surface area contributed by atoms with E-state index in [1.54, 1.807) is 0 Å². The predicted molar refractivity (Wildman–Crippen MR) is 96.7 cm³/mol. The molecule has 1 atom stereocenters. The molecule has 0 radical (unpaired) electrons. The second kappa shape index (κ2) is 8.10. The number of carbonyl (C=O) groups is 1. The zero-order valence-electron chi connectivity index (χ0n) is 12.3. The number of nitro groups is 1. The van der Waals surface area contributed by atoms with Crippen molar-refractivity contribution in [3.8, 4) is 5.75 Å². The van der Waals surface area contributed by atoms with Crippen LogP contribution in [0.15, 0.2) is 48.5 Å². The molecule has 0 saturated heterocycles. The Morgan fingerprint density at radius 1 is 1.16 bits per heavy atom. The van der Waals surface area contributed by atoms with Crippen LogP contribution in [0.25, 0.3) is 0 Å². The van der Waals surface area contributed by atoms with Crippen molar-refractivity contribution in [1.82, 2.24) is 5.32 Å². The summed E-state index contributed by atoms with van der Waals surface area (Å²) in [6.45, 7) is 0. The Morgan fingerprint density at radius 2 is 1.80 bits per heavy atom. The number of hydrogen-bond acceptors (Lipinski definition) is 4. The van der Waals surface area contributed by atoms with Crippen molar-refractivity contribution in [3.63, 3.8) is 0 Å². The first kappa shape index (κ1) is 19.6. The maximum absolute atomic E-state index is 12.3. The average Bonchev–Trinajstić information content (AvgIpc) is 2.54. The Balaban J connectivity index is 2.19. The minimum Gasteiger partial charge on any atom is -0.466 e. The molecule has 0 fully saturated rings. The van der Waals surface area contributed by atoms with Crippen LogP contribution in [0, 0.1) is 10.1 Å². The molecule has 2 aromatic rings. The standard InChI is InChI=1S/C15H10Cl4N2O4/c16-10-6-4-9(5-7-10)13(22)20-14(15(17,18)19)25-12-3-1-2-11(8-12)21(23)24/h1-8,14H,(H,20,22). The smallest absolute Gasteiger partial charge is 0.273 e. The SMILES string of the molecule is O=C(NC(Oc1cccc([N+](=O)[O-])c1)C(Cl)(Cl)Cl)c1ccc(Cl)cc1. The second-order valence-electron chi connectivity index (χ2n) is 4.77. The summed E-state index contributed by atoms with van der Waals surface area (Å²) < 4.78 is 3.41. The Kier molecular flexibility index (Phi) is 6.35. The highest BCUT2D eigenvalue weighted by molar-refractivity contribution is 6.68. The molecule has 0 spiro atoms. The predicted octanol–water partition coefficient (Wildman–Crippen LogP) is 4.75. The molecular formula is C15H10Cl4N2O4. The van der Waals surface area contributed by atoms with E-state index in [9.17, 15) is 14.9 Å². The van der Waals surface area contributed by atoms with Gasteiger partial charge in [-0.05, 0) is 30.3 Å². The molecule has 0 bridgehead atoms. The van der Waals surface area contributed by atoms with Gasteiger partial charge in [0.15, 0.2) is 0 Å². The number of halogens is 4. The van der Waals surface area contributed by atoms with E-state index in [1.165, 1.54) is 42.5 Å². The number of rotatable bonds is 5. The normalized spacial score (nSPS) is 12.3. The van der Waals surface area contributed by atoms with E-state index >= 15 is 0 Å². The lowest BCUT2D eigenvalue weighted by Gasteiger charge is -2.26. The van der Waals surface area contributed by atoms with Gasteiger partial charge in [0.2, 0.25) is 10.0 Å². The van der Waals surface area contributed by atoms with Crippen molar-refractivity contribution in [1.29, 1.82) is 0 Å². The van der Waals surface area contributed by atoms with Gasteiger partial charge < -0.3 is 10.1 Å². The zero-order valence-corrected chi connectivity index (χ0v) is 15.3. The Morgan fingerprint density at radius 3 is 2.36 bits per heavy atom. The molecule has 0 heterocycles. The lowest BCUT2D eigenvalue weighted by Crippen LogP contribution is -2.47. The number of amides is 1. The molecule has 0 aliphatic heterocycles. The third-order valence-electron chi connectivity index (χ3n) is 2.95. The molecule has 0 saturated carbocycles. The van der Waals surface area contributed by atoms with Crippen LogP contribution in [0.2, 0.25) is 5.02 Å². The van der Waals surface area contributed by atoms with E-state index in [0.717, 1.165) is 6.07 Å². The molecule has 6 nitrogen and oxygen atoms in total. The maximum Gasteiger partial charge on any atom is 0.273 e. The first-order valence-electron chi connectivity index (χ1n) is 6.71. The van der Waals surface area contributed by atoms with Crippen LogP contribution in [0.1, 0.15) is 10.4 Å². The van der Waals surface area contributed by atoms with Crippen molar-refractivity contribution in [3.05, 3.63) is 69.2 Å². The summed E-state index contributed by atoms with van der Waals surface area (Å²) in [5.41, 5.74) is 0.0656. The van der Waals surface area contributed by atoms with E-state index in [0.29, 0.717) is 5.02 Å². The van der Waals surface area contributed by atoms with Crippen LogP contribution in [0.4, 0.5) is 5.69 Å². The largest absolute Gasteiger partial charge is 0.466 e. The van der Waals surface area contributed by atoms with E-state index in [1.807, 2.05) is 0 Å². The van der Waals surface area contributed by atoms with Crippen LogP contribution in [0.5, 0.6) is 5.75 Å². The van der Waals surface area contributed by atoms with Crippen molar-refractivity contribution in [2.24, 2.45) is 0 Å². The van der Waals surface area contributed by atoms with Gasteiger partial charge in [-0.2, -0.15) is 0 Å². The highest BCUT2D eigenvalue weighted by atomic mass is 35.6. The summed E-state index contributed by atoms with van der Waals surface area (Å²) in [6.07, 6.45) is -1.39. The Hall–Kier alpha value is -1.73. The van der Waals surface area contributed by atoms with Crippen molar-refractivity contribution < 1.29 is 14.5 Å². The van der Waals surface area contributed by atoms with E-state index < -0.39 is 20.9 Å². The van der Waals surface area contributed by atoms with E-state index in [4.69, 9.17) is 51.1 Å². The lowest BCUT2D eigenvalue weighted by atomic mass is 10.2. The number of carbonyl (C=O) groups excluding carboxylic acids is 1. The number of nitrogens with zero attached hydrogens (tertiary/aromatic N) is 1. The fourth-order valence-electron chi connectivity index (χ4n) is 1.79. The number of alkyl halides is 3. The van der Waals surface area contributed by atoms with Gasteiger partial charge in [0.05, 0.1) is 11.0 Å². The minimum atomic E-state index is -2.02. The highest BCUT2D eigenvalue weighted by Gasteiger charge is 2.36. The number of nitrogens with one attached hydrogen (secondary N) is 1. The maximum atomic E-state index is 12.3. The third kappa shape index (κ3) is 5.64. The van der Waals surface area contributed by atoms with Crippen LogP contribution in [0.3, 0.4) is 0 Å². The monoisotopic (exact) mass is 422 g/mol. The van der Waals surface area contributed by atoms with Gasteiger partial charge in [0.1, 0.15) is 5.75 Å². The van der Waals surface area contributed by atoms with Gasteiger partial charge in [-0.15, -0.1) is 0 Å². The van der Waals surface area contributed by atoms with Gasteiger partial charge in [0, 0.05) is 16.7 Å². The number of hydrogen-bond donors (Lipinski definition) is 1. The summed E-state index contributed by atoms with van der Waals surface area (Å²) in [7, 11) is 0. The molecule has 1 N–H and O–H groups in total. The molecule has 0 aliphatic rings. The molecule has 0 aromatic heterocycles. The van der Waals surface area contributed by atoms with E-state index in [-0.39, 0.29) is 17.0 Å². The quantitative estimate of drug-likeness (QED) is 0.325. The van der Waals surface area contributed by atoms with Crippen LogP contribution >= 0.6 is 46.4 Å². The molecule has 1 unspecified atom stereocenters. The molecule has 10 heteroatoms. The molecule has 2 aromatic carbocycles. The summed E-state index contributed by atoms with van der Waals surface area (Å²) >= 11 is 23.3. The lowest BCUT2D eigenvalue weighted by molar-refractivity contribution is -0.384. The summed E-state index contributed by atoms with van der Waals surface area (Å²) in [5, 5.41) is 13.7. The first-order chi connectivity index (χ1) is 11.7. The summed E-state index contributed by atoms with van der Waals surface area (Å²) in [5.74, 6) is -0.514. The molecule has 25 heavy (non-hydrogen) atoms. The van der Waals surface area contributed by atoms with E-state index in [2.05, 4.69) is 5.32 Å². The van der Waals surface area contributed by atoms with Gasteiger partial charge >= 0.3 is 0 Å². The first-order valence-corrected chi connectivity index (χ1v) is 8.22. The molecule has 2 rings (SSSR count). The minimum absolute atomic E-state index is 0.0573. The zero-order chi connectivity index (χ0) is 18.6. The molecule has 0 aliphatic carbocycles. The fourth-order valence-corrected chi connectivity index (χ4v) is 2.21. The third-order valence-corrected chi connectivity index (χ3v) is 3.79. The molecule has 1 amide bonds. The second-order valence-corrected chi connectivity index (χ2v) is 7.58. The fraction of sp³-hybridized carbons (Fsp3) is 0.133. The van der Waals surface area contributed by atoms with Gasteiger partial charge in [-0.3, -0.25) is 14.9 Å². The summed E-state index contributed by atoms with van der Waals surface area (Å²) in [6, 6.07) is 11.3. The van der Waals surface area contributed by atoms with Crippen molar-refractivity contribution in [2.45, 2.75) is 10.0 Å². The average molecular weight is 424 g/mol. The van der Waals surface area contributed by atoms with Crippen molar-refractivity contribution in [2.75, 3.05) is 0 Å². The van der Waals surface area contributed by atoms with Crippen LogP contribution in [-0.4, -0.2) is 20.9 Å². The van der Waals surface area contributed by atoms with Gasteiger partial charge in [-0.25, -0.2) is 0 Å². The Bertz CT molecular complexity index is 778. The topological polar surface area (TPSA) is 81.5 Å². The van der Waals surface area contributed by atoms with Crippen LogP contribution < -0.4 is 10.1 Å². The number of nitro benzene ring substituents is 1. The number of ether oxygens (including phenoxy) is 1. The van der Waals surface area contributed by atoms with Gasteiger partial charge in [0.25, 0.3) is 11.6 Å². The molecule has 132 valence electrons.